The zero-order valence-corrected chi connectivity index (χ0v) is 11.4. The summed E-state index contributed by atoms with van der Waals surface area (Å²) in [6, 6.07) is -3.19. The normalized spacial score (nSPS) is 15.1. The maximum Gasteiger partial charge on any atom is 0.323 e. The van der Waals surface area contributed by atoms with Gasteiger partial charge < -0.3 is 36.8 Å². The number of aliphatic hydroxyl groups is 1. The van der Waals surface area contributed by atoms with Crippen LogP contribution in [0.1, 0.15) is 12.8 Å². The van der Waals surface area contributed by atoms with Crippen molar-refractivity contribution in [1.82, 2.24) is 10.6 Å². The minimum Gasteiger partial charge on any atom is -0.480 e. The Balaban J connectivity index is 4.11. The van der Waals surface area contributed by atoms with Crippen LogP contribution in [0.25, 0.3) is 0 Å². The lowest BCUT2D eigenvalue weighted by molar-refractivity contribution is -0.140. The fraction of sp³-hybridized carbons (Fsp3) is 0.727. The second-order valence-electron chi connectivity index (χ2n) is 4.39. The molecule has 0 aliphatic carbocycles. The van der Waals surface area contributed by atoms with E-state index in [0.717, 1.165) is 0 Å². The lowest BCUT2D eigenvalue weighted by atomic mass is 10.1. The predicted octanol–water partition coefficient (Wildman–Crippen LogP) is -2.74. The first kappa shape index (κ1) is 19.2. The second kappa shape index (κ2) is 10.0. The molecule has 3 unspecified atom stereocenters. The maximum absolute atomic E-state index is 11.0. The van der Waals surface area contributed by atoms with E-state index in [9.17, 15) is 14.4 Å². The Morgan fingerprint density at radius 1 is 0.857 bits per heavy atom. The number of nitrogens with one attached hydrogen (secondary N) is 2. The number of hydrogen-bond acceptors (Lipinski definition) is 7. The SMILES string of the molecule is NC(CCNC(CCNC(CO)C(=O)O)C(=O)O)C(=O)O. The van der Waals surface area contributed by atoms with Gasteiger partial charge >= 0.3 is 17.9 Å². The van der Waals surface area contributed by atoms with Gasteiger partial charge in [-0.3, -0.25) is 14.4 Å². The Labute approximate surface area is 120 Å². The molecule has 0 amide bonds. The number of carboxylic acid groups (broad SMARTS) is 3. The van der Waals surface area contributed by atoms with Gasteiger partial charge in [-0.1, -0.05) is 0 Å². The highest BCUT2D eigenvalue weighted by molar-refractivity contribution is 5.74. The van der Waals surface area contributed by atoms with Crippen LogP contribution in [0.3, 0.4) is 0 Å². The molecule has 0 saturated heterocycles. The highest BCUT2D eigenvalue weighted by Gasteiger charge is 2.20. The van der Waals surface area contributed by atoms with E-state index in [1.165, 1.54) is 0 Å². The molecule has 0 rings (SSSR count). The molecular formula is C11H21N3O7. The van der Waals surface area contributed by atoms with Gasteiger partial charge in [-0.15, -0.1) is 0 Å². The highest BCUT2D eigenvalue weighted by Crippen LogP contribution is 1.95. The van der Waals surface area contributed by atoms with E-state index in [0.29, 0.717) is 0 Å². The van der Waals surface area contributed by atoms with Gasteiger partial charge in [-0.2, -0.15) is 0 Å². The van der Waals surface area contributed by atoms with Crippen LogP contribution in [0, 0.1) is 0 Å². The van der Waals surface area contributed by atoms with E-state index >= 15 is 0 Å². The third kappa shape index (κ3) is 8.19. The summed E-state index contributed by atoms with van der Waals surface area (Å²) < 4.78 is 0. The summed E-state index contributed by atoms with van der Waals surface area (Å²) in [6.07, 6.45) is 0.141. The van der Waals surface area contributed by atoms with Crippen molar-refractivity contribution in [3.63, 3.8) is 0 Å². The summed E-state index contributed by atoms with van der Waals surface area (Å²) in [5, 5.41) is 40.1. The molecule has 0 radical (unpaired) electrons. The van der Waals surface area contributed by atoms with Gasteiger partial charge in [0, 0.05) is 0 Å². The molecular weight excluding hydrogens is 286 g/mol. The fourth-order valence-electron chi connectivity index (χ4n) is 1.48. The average molecular weight is 307 g/mol. The molecule has 122 valence electrons. The molecule has 0 fully saturated rings. The van der Waals surface area contributed by atoms with Gasteiger partial charge in [-0.05, 0) is 25.9 Å². The van der Waals surface area contributed by atoms with Gasteiger partial charge in [0.1, 0.15) is 18.1 Å². The molecule has 0 aromatic heterocycles. The molecule has 8 N–H and O–H groups in total. The first-order valence-electron chi connectivity index (χ1n) is 6.31. The Morgan fingerprint density at radius 2 is 1.33 bits per heavy atom. The van der Waals surface area contributed by atoms with Crippen LogP contribution < -0.4 is 16.4 Å². The van der Waals surface area contributed by atoms with E-state index in [2.05, 4.69) is 10.6 Å². The van der Waals surface area contributed by atoms with E-state index in [1.54, 1.807) is 0 Å². The third-order valence-corrected chi connectivity index (χ3v) is 2.77. The largest absolute Gasteiger partial charge is 0.480 e. The Bertz CT molecular complexity index is 364. The summed E-state index contributed by atoms with van der Waals surface area (Å²) in [5.74, 6) is -3.54. The van der Waals surface area contributed by atoms with Crippen LogP contribution in [0.2, 0.25) is 0 Å². The van der Waals surface area contributed by atoms with E-state index in [-0.39, 0.29) is 25.9 Å². The Morgan fingerprint density at radius 3 is 1.76 bits per heavy atom. The van der Waals surface area contributed by atoms with Crippen LogP contribution in [0.4, 0.5) is 0 Å². The number of nitrogens with two attached hydrogens (primary N) is 1. The quantitative estimate of drug-likeness (QED) is 0.199. The molecule has 0 aliphatic heterocycles. The van der Waals surface area contributed by atoms with Crippen molar-refractivity contribution in [1.29, 1.82) is 0 Å². The molecule has 0 bridgehead atoms. The minimum atomic E-state index is -1.23. The maximum atomic E-state index is 11.0. The zero-order valence-electron chi connectivity index (χ0n) is 11.4. The zero-order chi connectivity index (χ0) is 16.4. The summed E-state index contributed by atoms with van der Waals surface area (Å²) in [7, 11) is 0. The van der Waals surface area contributed by atoms with Gasteiger partial charge in [0.2, 0.25) is 0 Å². The van der Waals surface area contributed by atoms with E-state index in [4.69, 9.17) is 26.2 Å². The van der Waals surface area contributed by atoms with Crippen LogP contribution in [0.15, 0.2) is 0 Å². The molecule has 0 spiro atoms. The summed E-state index contributed by atoms with van der Waals surface area (Å²) >= 11 is 0. The molecule has 0 aliphatic rings. The van der Waals surface area contributed by atoms with Gasteiger partial charge in [0.25, 0.3) is 0 Å². The molecule has 0 aromatic rings. The number of rotatable bonds is 12. The van der Waals surface area contributed by atoms with Crippen molar-refractivity contribution in [2.24, 2.45) is 5.73 Å². The van der Waals surface area contributed by atoms with Crippen molar-refractivity contribution >= 4 is 17.9 Å². The van der Waals surface area contributed by atoms with Crippen LogP contribution in [0.5, 0.6) is 0 Å². The van der Waals surface area contributed by atoms with Crippen molar-refractivity contribution < 1.29 is 34.8 Å². The molecule has 21 heavy (non-hydrogen) atoms. The molecule has 0 saturated carbocycles. The number of carbonyl (C=O) groups is 3. The minimum absolute atomic E-state index is 0.0620. The lowest BCUT2D eigenvalue weighted by Crippen LogP contribution is -2.45. The monoisotopic (exact) mass is 307 g/mol. The van der Waals surface area contributed by atoms with Crippen LogP contribution in [-0.2, 0) is 14.4 Å². The van der Waals surface area contributed by atoms with Gasteiger partial charge in [-0.25, -0.2) is 0 Å². The molecule has 0 heterocycles. The van der Waals surface area contributed by atoms with Crippen molar-refractivity contribution in [3.8, 4) is 0 Å². The van der Waals surface area contributed by atoms with Gasteiger partial charge in [0.15, 0.2) is 0 Å². The Kier molecular flexibility index (Phi) is 9.21. The number of carboxylic acids is 3. The highest BCUT2D eigenvalue weighted by atomic mass is 16.4. The second-order valence-corrected chi connectivity index (χ2v) is 4.39. The fourth-order valence-corrected chi connectivity index (χ4v) is 1.48. The van der Waals surface area contributed by atoms with Crippen molar-refractivity contribution in [3.05, 3.63) is 0 Å². The summed E-state index contributed by atoms with van der Waals surface area (Å²) in [6.45, 7) is -0.437. The Hall–Kier alpha value is -1.75. The van der Waals surface area contributed by atoms with Crippen molar-refractivity contribution in [2.45, 2.75) is 31.0 Å². The number of aliphatic hydroxyl groups excluding tert-OH is 1. The molecule has 10 heteroatoms. The topological polar surface area (TPSA) is 182 Å². The number of aliphatic carboxylic acids is 3. The third-order valence-electron chi connectivity index (χ3n) is 2.77. The first-order valence-corrected chi connectivity index (χ1v) is 6.31. The lowest BCUT2D eigenvalue weighted by Gasteiger charge is -2.17. The summed E-state index contributed by atoms with van der Waals surface area (Å²) in [5.41, 5.74) is 5.28. The molecule has 10 nitrogen and oxygen atoms in total. The van der Waals surface area contributed by atoms with Crippen LogP contribution >= 0.6 is 0 Å². The standard InChI is InChI=1S/C11H21N3O7/c12-6(9(16)17)1-3-13-7(10(18)19)2-4-14-8(5-15)11(20)21/h6-8,13-15H,1-5,12H2,(H,16,17)(H,18,19)(H,20,21). The predicted molar refractivity (Wildman–Crippen MR) is 70.8 cm³/mol. The number of hydrogen-bond donors (Lipinski definition) is 7. The van der Waals surface area contributed by atoms with E-state index in [1.807, 2.05) is 0 Å². The molecule has 0 aromatic carbocycles. The molecule has 3 atom stereocenters. The van der Waals surface area contributed by atoms with Gasteiger partial charge in [0.05, 0.1) is 6.61 Å². The van der Waals surface area contributed by atoms with E-state index < -0.39 is 42.6 Å². The first-order chi connectivity index (χ1) is 9.79. The van der Waals surface area contributed by atoms with Crippen LogP contribution in [-0.4, -0.2) is 76.2 Å². The average Bonchev–Trinajstić information content (AvgIpc) is 2.40. The summed E-state index contributed by atoms with van der Waals surface area (Å²) in [4.78, 5) is 32.1. The smallest absolute Gasteiger partial charge is 0.323 e. The van der Waals surface area contributed by atoms with Crippen molar-refractivity contribution in [2.75, 3.05) is 19.7 Å².